The molecule has 8 heteroatoms. The fourth-order valence-corrected chi connectivity index (χ4v) is 2.44. The van der Waals surface area contributed by atoms with E-state index in [1.807, 2.05) is 0 Å². The Labute approximate surface area is 101 Å². The van der Waals surface area contributed by atoms with E-state index in [1.165, 1.54) is 0 Å². The van der Waals surface area contributed by atoms with Crippen molar-refractivity contribution in [2.45, 2.75) is 25.5 Å². The average Bonchev–Trinajstić information content (AvgIpc) is 2.83. The lowest BCUT2D eigenvalue weighted by Gasteiger charge is -2.20. The van der Waals surface area contributed by atoms with Gasteiger partial charge < -0.3 is 15.1 Å². The van der Waals surface area contributed by atoms with Crippen LogP contribution in [-0.2, 0) is 4.79 Å². The number of β-amino-alcohol motifs (C(OH)–C–C–N with tert-alkyl or cyclic N) is 1. The molecule has 1 saturated heterocycles. The lowest BCUT2D eigenvalue weighted by atomic mass is 10.2. The molecule has 17 heavy (non-hydrogen) atoms. The largest absolute Gasteiger partial charge is 0.480 e. The van der Waals surface area contributed by atoms with Crippen molar-refractivity contribution < 1.29 is 19.8 Å². The summed E-state index contributed by atoms with van der Waals surface area (Å²) >= 11 is 0.933. The van der Waals surface area contributed by atoms with Crippen molar-refractivity contribution in [1.82, 2.24) is 14.5 Å². The highest BCUT2D eigenvalue weighted by molar-refractivity contribution is 7.07. The van der Waals surface area contributed by atoms with Gasteiger partial charge in [0.25, 0.3) is 5.91 Å². The van der Waals surface area contributed by atoms with Crippen LogP contribution in [0.4, 0.5) is 0 Å². The zero-order valence-electron chi connectivity index (χ0n) is 9.03. The second kappa shape index (κ2) is 4.38. The first-order valence-electron chi connectivity index (χ1n) is 5.01. The van der Waals surface area contributed by atoms with Crippen LogP contribution in [0.15, 0.2) is 0 Å². The van der Waals surface area contributed by atoms with Crippen LogP contribution in [-0.4, -0.2) is 55.3 Å². The highest BCUT2D eigenvalue weighted by Crippen LogP contribution is 2.22. The molecular weight excluding hydrogens is 246 g/mol. The average molecular weight is 257 g/mol. The van der Waals surface area contributed by atoms with Crippen molar-refractivity contribution in [2.24, 2.45) is 0 Å². The molecule has 0 aliphatic carbocycles. The van der Waals surface area contributed by atoms with Crippen molar-refractivity contribution in [2.75, 3.05) is 6.54 Å². The number of amides is 1. The Hall–Kier alpha value is -1.54. The number of hydrogen-bond donors (Lipinski definition) is 2. The zero-order chi connectivity index (χ0) is 12.6. The smallest absolute Gasteiger partial charge is 0.326 e. The van der Waals surface area contributed by atoms with Crippen LogP contribution in [0.2, 0.25) is 0 Å². The third-order valence-electron chi connectivity index (χ3n) is 2.67. The van der Waals surface area contributed by atoms with Crippen molar-refractivity contribution in [3.8, 4) is 0 Å². The number of aryl methyl sites for hydroxylation is 1. The summed E-state index contributed by atoms with van der Waals surface area (Å²) in [6.45, 7) is 1.67. The fraction of sp³-hybridized carbons (Fsp3) is 0.556. The van der Waals surface area contributed by atoms with Gasteiger partial charge in [-0.15, -0.1) is 5.10 Å². The number of nitrogens with zero attached hydrogens (tertiary/aromatic N) is 3. The molecule has 0 radical (unpaired) electrons. The van der Waals surface area contributed by atoms with Gasteiger partial charge in [0, 0.05) is 13.0 Å². The molecule has 92 valence electrons. The monoisotopic (exact) mass is 257 g/mol. The molecule has 1 aromatic rings. The number of aliphatic carboxylic acids is 1. The van der Waals surface area contributed by atoms with E-state index in [1.54, 1.807) is 6.92 Å². The summed E-state index contributed by atoms with van der Waals surface area (Å²) in [6, 6.07) is -0.973. The molecule has 1 aliphatic rings. The van der Waals surface area contributed by atoms with Gasteiger partial charge in [-0.3, -0.25) is 4.79 Å². The van der Waals surface area contributed by atoms with Crippen LogP contribution >= 0.6 is 11.5 Å². The normalized spacial score (nSPS) is 24.0. The van der Waals surface area contributed by atoms with Gasteiger partial charge in [-0.2, -0.15) is 0 Å². The fourth-order valence-electron chi connectivity index (χ4n) is 1.83. The van der Waals surface area contributed by atoms with E-state index in [4.69, 9.17) is 5.11 Å². The maximum atomic E-state index is 12.1. The van der Waals surface area contributed by atoms with E-state index in [9.17, 15) is 14.7 Å². The summed E-state index contributed by atoms with van der Waals surface area (Å²) < 4.78 is 3.64. The molecule has 7 nitrogen and oxygen atoms in total. The predicted octanol–water partition coefficient (Wildman–Crippen LogP) is -0.493. The van der Waals surface area contributed by atoms with Crippen LogP contribution in [0.5, 0.6) is 0 Å². The van der Waals surface area contributed by atoms with Gasteiger partial charge in [-0.05, 0) is 18.5 Å². The summed E-state index contributed by atoms with van der Waals surface area (Å²) in [5.41, 5.74) is 0.477. The third-order valence-corrected chi connectivity index (χ3v) is 3.49. The molecular formula is C9H11N3O4S. The number of aliphatic hydroxyl groups is 1. The Kier molecular flexibility index (Phi) is 3.07. The minimum absolute atomic E-state index is 0.0349. The summed E-state index contributed by atoms with van der Waals surface area (Å²) in [5.74, 6) is -1.54. The number of hydrogen-bond acceptors (Lipinski definition) is 6. The summed E-state index contributed by atoms with van der Waals surface area (Å²) in [7, 11) is 0. The molecule has 2 heterocycles. The highest BCUT2D eigenvalue weighted by atomic mass is 32.1. The van der Waals surface area contributed by atoms with Gasteiger partial charge in [-0.25, -0.2) is 4.79 Å². The van der Waals surface area contributed by atoms with E-state index >= 15 is 0 Å². The Morgan fingerprint density at radius 1 is 1.53 bits per heavy atom. The van der Waals surface area contributed by atoms with Crippen LogP contribution in [0.3, 0.4) is 0 Å². The lowest BCUT2D eigenvalue weighted by molar-refractivity contribution is -0.141. The molecule has 0 bridgehead atoms. The molecule has 2 rings (SSSR count). The summed E-state index contributed by atoms with van der Waals surface area (Å²) in [5, 5.41) is 22.1. The maximum Gasteiger partial charge on any atom is 0.326 e. The molecule has 1 aliphatic heterocycles. The SMILES string of the molecule is Cc1nnsc1C(=O)N1CC(O)C[C@H]1C(=O)O. The van der Waals surface area contributed by atoms with Gasteiger partial charge in [0.1, 0.15) is 10.9 Å². The molecule has 1 unspecified atom stereocenters. The topological polar surface area (TPSA) is 104 Å². The first kappa shape index (κ1) is 11.9. The standard InChI is InChI=1S/C9H11N3O4S/c1-4-7(17-11-10-4)8(14)12-3-5(13)2-6(12)9(15)16/h5-6,13H,2-3H2,1H3,(H,15,16)/t5?,6-/m0/s1. The Bertz CT molecular complexity index is 461. The molecule has 1 fully saturated rings. The maximum absolute atomic E-state index is 12.1. The molecule has 1 aromatic heterocycles. The molecule has 2 atom stereocenters. The van der Waals surface area contributed by atoms with Crippen LogP contribution in [0, 0.1) is 6.92 Å². The first-order valence-corrected chi connectivity index (χ1v) is 5.79. The highest BCUT2D eigenvalue weighted by Gasteiger charge is 2.40. The van der Waals surface area contributed by atoms with Gasteiger partial charge >= 0.3 is 5.97 Å². The number of likely N-dealkylation sites (tertiary alicyclic amines) is 1. The minimum Gasteiger partial charge on any atom is -0.480 e. The number of carboxylic acid groups (broad SMARTS) is 1. The van der Waals surface area contributed by atoms with E-state index in [0.717, 1.165) is 16.4 Å². The number of carboxylic acids is 1. The Morgan fingerprint density at radius 2 is 2.24 bits per heavy atom. The summed E-state index contributed by atoms with van der Waals surface area (Å²) in [4.78, 5) is 24.5. The van der Waals surface area contributed by atoms with Crippen molar-refractivity contribution in [1.29, 1.82) is 0 Å². The van der Waals surface area contributed by atoms with Gasteiger partial charge in [0.2, 0.25) is 0 Å². The van der Waals surface area contributed by atoms with E-state index in [0.29, 0.717) is 10.6 Å². The second-order valence-corrected chi connectivity index (χ2v) is 4.64. The van der Waals surface area contributed by atoms with Crippen LogP contribution in [0.25, 0.3) is 0 Å². The van der Waals surface area contributed by atoms with Gasteiger partial charge in [-0.1, -0.05) is 4.49 Å². The van der Waals surface area contributed by atoms with Crippen LogP contribution < -0.4 is 0 Å². The number of aromatic nitrogens is 2. The lowest BCUT2D eigenvalue weighted by Crippen LogP contribution is -2.40. The number of carbonyl (C=O) groups excluding carboxylic acids is 1. The van der Waals surface area contributed by atoms with Crippen molar-refractivity contribution >= 4 is 23.4 Å². The van der Waals surface area contributed by atoms with Crippen molar-refractivity contribution in [3.05, 3.63) is 10.6 Å². The van der Waals surface area contributed by atoms with E-state index in [2.05, 4.69) is 9.59 Å². The predicted molar refractivity (Wildman–Crippen MR) is 57.7 cm³/mol. The quantitative estimate of drug-likeness (QED) is 0.740. The number of aliphatic hydroxyl groups excluding tert-OH is 1. The molecule has 0 aromatic carbocycles. The van der Waals surface area contributed by atoms with Crippen LogP contribution in [0.1, 0.15) is 21.8 Å². The Balaban J connectivity index is 2.25. The molecule has 0 saturated carbocycles. The molecule has 2 N–H and O–H groups in total. The summed E-state index contributed by atoms with van der Waals surface area (Å²) in [6.07, 6.45) is -0.729. The number of rotatable bonds is 2. The molecule has 0 spiro atoms. The van der Waals surface area contributed by atoms with E-state index in [-0.39, 0.29) is 13.0 Å². The zero-order valence-corrected chi connectivity index (χ0v) is 9.85. The first-order chi connectivity index (χ1) is 8.00. The van der Waals surface area contributed by atoms with E-state index < -0.39 is 24.0 Å². The number of carbonyl (C=O) groups is 2. The third kappa shape index (κ3) is 2.13. The van der Waals surface area contributed by atoms with Gasteiger partial charge in [0.05, 0.1) is 11.8 Å². The van der Waals surface area contributed by atoms with Crippen molar-refractivity contribution in [3.63, 3.8) is 0 Å². The second-order valence-electron chi connectivity index (χ2n) is 3.89. The van der Waals surface area contributed by atoms with Gasteiger partial charge in [0.15, 0.2) is 0 Å². The minimum atomic E-state index is -1.11. The Morgan fingerprint density at radius 3 is 2.76 bits per heavy atom. The molecule has 1 amide bonds.